The van der Waals surface area contributed by atoms with Gasteiger partial charge < -0.3 is 19.9 Å². The molecule has 4 rings (SSSR count). The maximum Gasteiger partial charge on any atom is 0.257 e. The minimum Gasteiger partial charge on any atom is -0.451 e. The zero-order chi connectivity index (χ0) is 30.5. The molecule has 0 atom stereocenters. The minimum atomic E-state index is -3.15. The van der Waals surface area contributed by atoms with E-state index in [0.717, 1.165) is 51.9 Å². The predicted molar refractivity (Wildman–Crippen MR) is 162 cm³/mol. The third-order valence-corrected chi connectivity index (χ3v) is 9.73. The molecule has 42 heavy (non-hydrogen) atoms. The number of nitrogens with one attached hydrogen (secondary N) is 2. The lowest BCUT2D eigenvalue weighted by atomic mass is 9.81. The van der Waals surface area contributed by atoms with Crippen molar-refractivity contribution in [3.05, 3.63) is 42.1 Å². The number of aromatic nitrogens is 2. The van der Waals surface area contributed by atoms with Crippen LogP contribution >= 0.6 is 0 Å². The van der Waals surface area contributed by atoms with Crippen LogP contribution in [0.2, 0.25) is 0 Å². The highest BCUT2D eigenvalue weighted by Crippen LogP contribution is 2.39. The molecule has 2 N–H and O–H groups in total. The molecule has 1 aromatic heterocycles. The van der Waals surface area contributed by atoms with Crippen molar-refractivity contribution < 1.29 is 22.3 Å². The van der Waals surface area contributed by atoms with Gasteiger partial charge in [-0.15, -0.1) is 0 Å². The predicted octanol–water partition coefficient (Wildman–Crippen LogP) is 4.19. The van der Waals surface area contributed by atoms with Gasteiger partial charge in [-0.2, -0.15) is 0 Å². The number of rotatable bonds is 13. The number of carbonyl (C=O) groups excluding carboxylic acids is 1. The van der Waals surface area contributed by atoms with E-state index in [9.17, 15) is 17.6 Å². The van der Waals surface area contributed by atoms with Gasteiger partial charge in [0.1, 0.15) is 17.9 Å². The number of carbonyl (C=O) groups is 1. The molecule has 1 aliphatic carbocycles. The summed E-state index contributed by atoms with van der Waals surface area (Å²) in [5, 5.41) is 3.64. The van der Waals surface area contributed by atoms with Gasteiger partial charge in [0.05, 0.1) is 17.5 Å². The van der Waals surface area contributed by atoms with Crippen molar-refractivity contribution in [3.63, 3.8) is 0 Å². The summed E-state index contributed by atoms with van der Waals surface area (Å²) in [5.41, 5.74) is 0.210. The minimum absolute atomic E-state index is 0.0433. The first-order valence-corrected chi connectivity index (χ1v) is 16.6. The Morgan fingerprint density at radius 1 is 1.19 bits per heavy atom. The third-order valence-electron chi connectivity index (χ3n) is 8.28. The molecule has 1 amide bonds. The van der Waals surface area contributed by atoms with Gasteiger partial charge >= 0.3 is 0 Å². The summed E-state index contributed by atoms with van der Waals surface area (Å²) in [4.78, 5) is 25.7. The molecule has 0 bridgehead atoms. The van der Waals surface area contributed by atoms with Crippen molar-refractivity contribution in [3.8, 4) is 11.5 Å². The summed E-state index contributed by atoms with van der Waals surface area (Å²) >= 11 is 0. The molecule has 0 radical (unpaired) electrons. The zero-order valence-corrected chi connectivity index (χ0v) is 26.2. The lowest BCUT2D eigenvalue weighted by Gasteiger charge is -2.49. The fourth-order valence-corrected chi connectivity index (χ4v) is 6.84. The van der Waals surface area contributed by atoms with Crippen molar-refractivity contribution in [1.82, 2.24) is 24.9 Å². The molecule has 1 saturated heterocycles. The standard InChI is InChI=1S/C30H45FN6O4S/c1-6-37(21(3)4)29(38)25-14-23(31)10-13-26(25)41-27-16-33-20-34-28(27)36-18-30(5,19-36)17-32-15-22-8-11-24(12-9-22)35-42(39,40)7-2/h10,13-14,16,20-22,24,32,35H,6-9,11-12,15,17-19H2,1-5H3/t22-,24-. The number of sulfonamides is 1. The number of amides is 1. The number of anilines is 1. The van der Waals surface area contributed by atoms with Gasteiger partial charge in [-0.05, 0) is 84.0 Å². The fraction of sp³-hybridized carbons (Fsp3) is 0.633. The smallest absolute Gasteiger partial charge is 0.257 e. The lowest BCUT2D eigenvalue weighted by Crippen LogP contribution is -2.59. The molecule has 0 spiro atoms. The van der Waals surface area contributed by atoms with Gasteiger partial charge in [0.15, 0.2) is 11.6 Å². The summed E-state index contributed by atoms with van der Waals surface area (Å²) in [5.74, 6) is 1.18. The van der Waals surface area contributed by atoms with Gasteiger partial charge in [0.2, 0.25) is 10.0 Å². The highest BCUT2D eigenvalue weighted by Gasteiger charge is 2.40. The summed E-state index contributed by atoms with van der Waals surface area (Å²) in [6.45, 7) is 13.4. The first kappa shape index (κ1) is 32.1. The third kappa shape index (κ3) is 7.96. The van der Waals surface area contributed by atoms with E-state index in [0.29, 0.717) is 24.0 Å². The molecule has 10 nitrogen and oxygen atoms in total. The van der Waals surface area contributed by atoms with E-state index in [2.05, 4.69) is 31.8 Å². The first-order valence-electron chi connectivity index (χ1n) is 15.0. The molecule has 2 aromatic rings. The largest absolute Gasteiger partial charge is 0.451 e. The molecule has 1 aliphatic heterocycles. The Bertz CT molecular complexity index is 1330. The zero-order valence-electron chi connectivity index (χ0n) is 25.4. The van der Waals surface area contributed by atoms with Crippen LogP contribution in [0.5, 0.6) is 11.5 Å². The van der Waals surface area contributed by atoms with Crippen molar-refractivity contribution in [1.29, 1.82) is 0 Å². The number of ether oxygens (including phenoxy) is 1. The van der Waals surface area contributed by atoms with Gasteiger partial charge in [0.25, 0.3) is 5.91 Å². The summed E-state index contributed by atoms with van der Waals surface area (Å²) < 4.78 is 46.9. The van der Waals surface area contributed by atoms with Gasteiger partial charge in [-0.3, -0.25) is 4.79 Å². The van der Waals surface area contributed by atoms with Crippen LogP contribution in [0.15, 0.2) is 30.7 Å². The fourth-order valence-electron chi connectivity index (χ4n) is 5.93. The Morgan fingerprint density at radius 2 is 1.90 bits per heavy atom. The highest BCUT2D eigenvalue weighted by atomic mass is 32.2. The molecule has 2 aliphatic rings. The molecule has 1 aromatic carbocycles. The SMILES string of the molecule is CCN(C(=O)c1cc(F)ccc1Oc1cncnc1N1CC(C)(CNC[C@H]2CC[C@H](NS(=O)(=O)CC)CC2)C1)C(C)C. The van der Waals surface area contributed by atoms with E-state index in [1.165, 1.54) is 24.5 Å². The Balaban J connectivity index is 1.33. The number of halogens is 1. The second kappa shape index (κ2) is 13.6. The van der Waals surface area contributed by atoms with Crippen LogP contribution in [0.4, 0.5) is 10.2 Å². The summed E-state index contributed by atoms with van der Waals surface area (Å²) in [6, 6.07) is 3.98. The van der Waals surface area contributed by atoms with Crippen molar-refractivity contribution in [2.24, 2.45) is 11.3 Å². The maximum absolute atomic E-state index is 14.2. The number of benzene rings is 1. The molecule has 232 valence electrons. The van der Waals surface area contributed by atoms with E-state index in [-0.39, 0.29) is 40.5 Å². The van der Waals surface area contributed by atoms with E-state index in [1.54, 1.807) is 18.0 Å². The second-order valence-corrected chi connectivity index (χ2v) is 14.2. The quantitative estimate of drug-likeness (QED) is 0.350. The average Bonchev–Trinajstić information content (AvgIpc) is 2.94. The summed E-state index contributed by atoms with van der Waals surface area (Å²) in [7, 11) is -3.15. The molecule has 0 unspecified atom stereocenters. The lowest BCUT2D eigenvalue weighted by molar-refractivity contribution is 0.0713. The van der Waals surface area contributed by atoms with Crippen LogP contribution in [-0.4, -0.2) is 79.8 Å². The first-order chi connectivity index (χ1) is 19.9. The molecular weight excluding hydrogens is 559 g/mol. The van der Waals surface area contributed by atoms with Crippen LogP contribution in [0.25, 0.3) is 0 Å². The Labute approximate surface area is 249 Å². The van der Waals surface area contributed by atoms with Crippen LogP contribution in [0.3, 0.4) is 0 Å². The van der Waals surface area contributed by atoms with Crippen LogP contribution in [0.1, 0.15) is 70.7 Å². The molecule has 1 saturated carbocycles. The number of hydrogen-bond donors (Lipinski definition) is 2. The van der Waals surface area contributed by atoms with Crippen LogP contribution in [0, 0.1) is 17.2 Å². The molecule has 12 heteroatoms. The van der Waals surface area contributed by atoms with Gasteiger partial charge in [-0.25, -0.2) is 27.5 Å². The molecular formula is C30H45FN6O4S. The maximum atomic E-state index is 14.2. The summed E-state index contributed by atoms with van der Waals surface area (Å²) in [6.07, 6.45) is 6.82. The molecule has 2 heterocycles. The topological polar surface area (TPSA) is 117 Å². The van der Waals surface area contributed by atoms with E-state index >= 15 is 0 Å². The Kier molecular flexibility index (Phi) is 10.4. The number of nitrogens with zero attached hydrogens (tertiary/aromatic N) is 4. The highest BCUT2D eigenvalue weighted by molar-refractivity contribution is 7.89. The normalized spacial score (nSPS) is 20.3. The van der Waals surface area contributed by atoms with E-state index in [4.69, 9.17) is 4.74 Å². The number of hydrogen-bond acceptors (Lipinski definition) is 8. The van der Waals surface area contributed by atoms with E-state index < -0.39 is 15.8 Å². The Hall–Kier alpha value is -2.83. The van der Waals surface area contributed by atoms with Gasteiger partial charge in [-0.1, -0.05) is 6.92 Å². The van der Waals surface area contributed by atoms with Crippen molar-refractivity contribution >= 4 is 21.7 Å². The Morgan fingerprint density at radius 3 is 2.55 bits per heavy atom. The average molecular weight is 605 g/mol. The second-order valence-electron chi connectivity index (χ2n) is 12.2. The van der Waals surface area contributed by atoms with Crippen molar-refractivity contribution in [2.75, 3.05) is 43.4 Å². The molecule has 2 fully saturated rings. The van der Waals surface area contributed by atoms with Crippen LogP contribution < -0.4 is 19.7 Å². The monoisotopic (exact) mass is 604 g/mol. The van der Waals surface area contributed by atoms with Gasteiger partial charge in [0, 0.05) is 43.7 Å². The van der Waals surface area contributed by atoms with Crippen molar-refractivity contribution in [2.45, 2.75) is 72.4 Å². The van der Waals surface area contributed by atoms with E-state index in [1.807, 2.05) is 20.8 Å². The van der Waals surface area contributed by atoms with Crippen LogP contribution in [-0.2, 0) is 10.0 Å².